The predicted octanol–water partition coefficient (Wildman–Crippen LogP) is 1.42. The number of para-hydroxylation sites is 1. The van der Waals surface area contributed by atoms with Crippen LogP contribution in [0.4, 0.5) is 4.79 Å². The maximum Gasteiger partial charge on any atom is 0.317 e. The smallest absolute Gasteiger partial charge is 0.317 e. The Morgan fingerprint density at radius 2 is 2.14 bits per heavy atom. The van der Waals surface area contributed by atoms with E-state index in [1.165, 1.54) is 0 Å². The standard InChI is InChI=1S/C16H21N3O2/c1-18-15(20)17-10-16(18)11-19(12-16)9-5-7-13-6-3-4-8-14(13)21-2/h3-8H,9-12H2,1-2H3,(H,17,20). The number of rotatable bonds is 4. The van der Waals surface area contributed by atoms with Gasteiger partial charge in [0.2, 0.25) is 0 Å². The van der Waals surface area contributed by atoms with Gasteiger partial charge in [-0.05, 0) is 6.07 Å². The van der Waals surface area contributed by atoms with Crippen molar-refractivity contribution in [1.82, 2.24) is 15.1 Å². The second-order valence-corrected chi connectivity index (χ2v) is 5.76. The van der Waals surface area contributed by atoms with Crippen molar-refractivity contribution < 1.29 is 9.53 Å². The van der Waals surface area contributed by atoms with Crippen molar-refractivity contribution in [3.8, 4) is 5.75 Å². The lowest BCUT2D eigenvalue weighted by Crippen LogP contribution is -2.68. The fourth-order valence-corrected chi connectivity index (χ4v) is 3.06. The Labute approximate surface area is 125 Å². The molecule has 0 aliphatic carbocycles. The topological polar surface area (TPSA) is 44.8 Å². The molecule has 0 radical (unpaired) electrons. The van der Waals surface area contributed by atoms with Crippen LogP contribution >= 0.6 is 0 Å². The molecule has 1 aromatic carbocycles. The molecule has 21 heavy (non-hydrogen) atoms. The summed E-state index contributed by atoms with van der Waals surface area (Å²) in [6.07, 6.45) is 4.24. The molecule has 2 saturated heterocycles. The van der Waals surface area contributed by atoms with Crippen molar-refractivity contribution in [1.29, 1.82) is 0 Å². The van der Waals surface area contributed by atoms with Crippen molar-refractivity contribution in [2.75, 3.05) is 40.3 Å². The summed E-state index contributed by atoms with van der Waals surface area (Å²) >= 11 is 0. The molecule has 112 valence electrons. The number of hydrogen-bond donors (Lipinski definition) is 1. The molecule has 5 heteroatoms. The number of methoxy groups -OCH3 is 1. The molecule has 2 heterocycles. The SMILES string of the molecule is COc1ccccc1C=CCN1CC2(CNC(=O)N2C)C1. The van der Waals surface area contributed by atoms with Crippen LogP contribution in [0.1, 0.15) is 5.56 Å². The fraction of sp³-hybridized carbons (Fsp3) is 0.438. The van der Waals surface area contributed by atoms with E-state index >= 15 is 0 Å². The zero-order chi connectivity index (χ0) is 14.9. The van der Waals surface area contributed by atoms with E-state index in [0.29, 0.717) is 0 Å². The quantitative estimate of drug-likeness (QED) is 0.911. The summed E-state index contributed by atoms with van der Waals surface area (Å²) in [6, 6.07) is 8.02. The number of urea groups is 1. The molecule has 0 aromatic heterocycles. The van der Waals surface area contributed by atoms with E-state index in [4.69, 9.17) is 4.74 Å². The third-order valence-electron chi connectivity index (χ3n) is 4.42. The minimum absolute atomic E-state index is 0.00929. The lowest BCUT2D eigenvalue weighted by atomic mass is 9.89. The predicted molar refractivity (Wildman–Crippen MR) is 82.4 cm³/mol. The van der Waals surface area contributed by atoms with Crippen LogP contribution in [0.3, 0.4) is 0 Å². The van der Waals surface area contributed by atoms with Crippen LogP contribution in [-0.2, 0) is 0 Å². The van der Waals surface area contributed by atoms with Gasteiger partial charge in [-0.15, -0.1) is 0 Å². The zero-order valence-electron chi connectivity index (χ0n) is 12.5. The van der Waals surface area contributed by atoms with E-state index in [1.54, 1.807) is 7.11 Å². The molecular formula is C16H21N3O2. The highest BCUT2D eigenvalue weighted by Gasteiger charge is 2.51. The third kappa shape index (κ3) is 2.49. The van der Waals surface area contributed by atoms with Crippen molar-refractivity contribution in [2.45, 2.75) is 5.54 Å². The number of ether oxygens (including phenoxy) is 1. The van der Waals surface area contributed by atoms with Crippen molar-refractivity contribution in [2.24, 2.45) is 0 Å². The summed E-state index contributed by atoms with van der Waals surface area (Å²) in [5, 5.41) is 2.91. The maximum absolute atomic E-state index is 11.5. The number of carbonyl (C=O) groups excluding carboxylic acids is 1. The summed E-state index contributed by atoms with van der Waals surface area (Å²) in [5.41, 5.74) is 1.10. The molecule has 0 bridgehead atoms. The summed E-state index contributed by atoms with van der Waals surface area (Å²) in [6.45, 7) is 3.51. The van der Waals surface area contributed by atoms with Crippen LogP contribution in [0.2, 0.25) is 0 Å². The van der Waals surface area contributed by atoms with Gasteiger partial charge >= 0.3 is 6.03 Å². The normalized spacial score (nSPS) is 20.9. The number of nitrogens with zero attached hydrogens (tertiary/aromatic N) is 2. The molecule has 2 amide bonds. The summed E-state index contributed by atoms with van der Waals surface area (Å²) in [7, 11) is 3.57. The number of hydrogen-bond acceptors (Lipinski definition) is 3. The van der Waals surface area contributed by atoms with Gasteiger partial charge in [0.05, 0.1) is 12.6 Å². The summed E-state index contributed by atoms with van der Waals surface area (Å²) < 4.78 is 5.33. The average Bonchev–Trinajstić information content (AvgIpc) is 2.76. The number of nitrogens with one attached hydrogen (secondary N) is 1. The number of amides is 2. The van der Waals surface area contributed by atoms with Gasteiger partial charge in [0.25, 0.3) is 0 Å². The Kier molecular flexibility index (Phi) is 3.59. The minimum atomic E-state index is 0.00929. The fourth-order valence-electron chi connectivity index (χ4n) is 3.06. The Morgan fingerprint density at radius 1 is 1.38 bits per heavy atom. The van der Waals surface area contributed by atoms with Gasteiger partial charge in [-0.25, -0.2) is 4.79 Å². The van der Waals surface area contributed by atoms with Gasteiger partial charge in [-0.3, -0.25) is 4.90 Å². The molecule has 2 fully saturated rings. The number of benzene rings is 1. The van der Waals surface area contributed by atoms with Crippen LogP contribution < -0.4 is 10.1 Å². The number of likely N-dealkylation sites (N-methyl/N-ethyl adjacent to an activating group) is 1. The second-order valence-electron chi connectivity index (χ2n) is 5.76. The molecule has 2 aliphatic rings. The molecule has 2 aliphatic heterocycles. The highest BCUT2D eigenvalue weighted by atomic mass is 16.5. The van der Waals surface area contributed by atoms with E-state index < -0.39 is 0 Å². The highest BCUT2D eigenvalue weighted by Crippen LogP contribution is 2.29. The first-order valence-corrected chi connectivity index (χ1v) is 7.18. The first-order valence-electron chi connectivity index (χ1n) is 7.18. The van der Waals surface area contributed by atoms with E-state index in [9.17, 15) is 4.79 Å². The van der Waals surface area contributed by atoms with Crippen LogP contribution in [0.5, 0.6) is 5.75 Å². The molecule has 3 rings (SSSR count). The molecule has 0 saturated carbocycles. The van der Waals surface area contributed by atoms with Gasteiger partial charge in [0.15, 0.2) is 0 Å². The van der Waals surface area contributed by atoms with Crippen molar-refractivity contribution in [3.05, 3.63) is 35.9 Å². The lowest BCUT2D eigenvalue weighted by Gasteiger charge is -2.50. The Hall–Kier alpha value is -2.01. The summed E-state index contributed by atoms with van der Waals surface area (Å²) in [4.78, 5) is 15.7. The molecule has 1 N–H and O–H groups in total. The molecule has 0 atom stereocenters. The molecule has 1 spiro atoms. The summed E-state index contributed by atoms with van der Waals surface area (Å²) in [5.74, 6) is 0.888. The molecule has 5 nitrogen and oxygen atoms in total. The maximum atomic E-state index is 11.5. The van der Waals surface area contributed by atoms with Crippen LogP contribution in [0.25, 0.3) is 6.08 Å². The Morgan fingerprint density at radius 3 is 2.81 bits per heavy atom. The van der Waals surface area contributed by atoms with Gasteiger partial charge < -0.3 is 15.0 Å². The monoisotopic (exact) mass is 287 g/mol. The Balaban J connectivity index is 1.54. The van der Waals surface area contributed by atoms with Crippen molar-refractivity contribution in [3.63, 3.8) is 0 Å². The van der Waals surface area contributed by atoms with Crippen LogP contribution in [0, 0.1) is 0 Å². The third-order valence-corrected chi connectivity index (χ3v) is 4.42. The van der Waals surface area contributed by atoms with E-state index in [1.807, 2.05) is 36.2 Å². The van der Waals surface area contributed by atoms with Crippen molar-refractivity contribution >= 4 is 12.1 Å². The number of carbonyl (C=O) groups is 1. The lowest BCUT2D eigenvalue weighted by molar-refractivity contribution is 0.0130. The zero-order valence-corrected chi connectivity index (χ0v) is 12.5. The van der Waals surface area contributed by atoms with Crippen LogP contribution in [-0.4, -0.2) is 61.7 Å². The van der Waals surface area contributed by atoms with Gasteiger partial charge in [-0.2, -0.15) is 0 Å². The van der Waals surface area contributed by atoms with Gasteiger partial charge in [0, 0.05) is 38.8 Å². The minimum Gasteiger partial charge on any atom is -0.496 e. The molecular weight excluding hydrogens is 266 g/mol. The second kappa shape index (κ2) is 5.41. The van der Waals surface area contributed by atoms with E-state index in [-0.39, 0.29) is 11.6 Å². The van der Waals surface area contributed by atoms with Crippen LogP contribution in [0.15, 0.2) is 30.3 Å². The van der Waals surface area contributed by atoms with E-state index in [2.05, 4.69) is 22.4 Å². The largest absolute Gasteiger partial charge is 0.496 e. The highest BCUT2D eigenvalue weighted by molar-refractivity contribution is 5.78. The van der Waals surface area contributed by atoms with E-state index in [0.717, 1.165) is 37.5 Å². The molecule has 1 aromatic rings. The first kappa shape index (κ1) is 13.9. The Bertz CT molecular complexity index is 564. The molecule has 0 unspecified atom stereocenters. The van der Waals surface area contributed by atoms with Gasteiger partial charge in [0.1, 0.15) is 5.75 Å². The first-order chi connectivity index (χ1) is 10.1. The average molecular weight is 287 g/mol. The number of likely N-dealkylation sites (tertiary alicyclic amines) is 1. The van der Waals surface area contributed by atoms with Gasteiger partial charge in [-0.1, -0.05) is 30.4 Å².